The summed E-state index contributed by atoms with van der Waals surface area (Å²) >= 11 is 0. The predicted molar refractivity (Wildman–Crippen MR) is 102 cm³/mol. The number of anilines is 1. The van der Waals surface area contributed by atoms with E-state index in [1.807, 2.05) is 20.8 Å². The number of carbonyl (C=O) groups excluding carboxylic acids is 2. The Morgan fingerprint density at radius 2 is 1.92 bits per heavy atom. The maximum absolute atomic E-state index is 12.6. The molecule has 1 amide bonds. The summed E-state index contributed by atoms with van der Waals surface area (Å²) in [6.07, 6.45) is 2.18. The Morgan fingerprint density at radius 3 is 2.46 bits per heavy atom. The lowest BCUT2D eigenvalue weighted by atomic mass is 9.99. The van der Waals surface area contributed by atoms with Crippen LogP contribution in [0, 0.1) is 0 Å². The second kappa shape index (κ2) is 10.2. The molecule has 146 valence electrons. The number of carbonyl (C=O) groups is 2. The Hall–Kier alpha value is -2.08. The molecule has 26 heavy (non-hydrogen) atoms. The first-order chi connectivity index (χ1) is 12.3. The summed E-state index contributed by atoms with van der Waals surface area (Å²) in [5.74, 6) is -0.295. The van der Waals surface area contributed by atoms with Crippen LogP contribution in [0.3, 0.4) is 0 Å². The van der Waals surface area contributed by atoms with Crippen molar-refractivity contribution < 1.29 is 23.8 Å². The van der Waals surface area contributed by atoms with Crippen LogP contribution in [0.5, 0.6) is 5.75 Å². The summed E-state index contributed by atoms with van der Waals surface area (Å²) in [5.41, 5.74) is -0.140. The van der Waals surface area contributed by atoms with E-state index < -0.39 is 11.6 Å². The topological polar surface area (TPSA) is 73.9 Å². The van der Waals surface area contributed by atoms with Gasteiger partial charge in [-0.25, -0.2) is 4.79 Å². The van der Waals surface area contributed by atoms with Crippen LogP contribution in [0.15, 0.2) is 18.2 Å². The van der Waals surface area contributed by atoms with Crippen molar-refractivity contribution in [1.29, 1.82) is 0 Å². The van der Waals surface area contributed by atoms with Crippen molar-refractivity contribution in [1.82, 2.24) is 0 Å². The molecule has 0 aliphatic rings. The van der Waals surface area contributed by atoms with Crippen molar-refractivity contribution in [3.05, 3.63) is 23.8 Å². The van der Waals surface area contributed by atoms with Gasteiger partial charge in [-0.15, -0.1) is 0 Å². The van der Waals surface area contributed by atoms with Crippen LogP contribution >= 0.6 is 0 Å². The fraction of sp³-hybridized carbons (Fsp3) is 0.600. The number of esters is 1. The number of hydrogen-bond donors (Lipinski definition) is 1. The highest BCUT2D eigenvalue weighted by molar-refractivity contribution is 5.99. The Balaban J connectivity index is 3.12. The van der Waals surface area contributed by atoms with Gasteiger partial charge in [-0.1, -0.05) is 20.3 Å². The number of rotatable bonds is 10. The monoisotopic (exact) mass is 365 g/mol. The predicted octanol–water partition coefficient (Wildman–Crippen LogP) is 4.18. The summed E-state index contributed by atoms with van der Waals surface area (Å²) in [6.45, 7) is 9.68. The first kappa shape index (κ1) is 22.0. The zero-order valence-corrected chi connectivity index (χ0v) is 16.7. The number of ether oxygens (including phenoxy) is 3. The summed E-state index contributed by atoms with van der Waals surface area (Å²) in [4.78, 5) is 24.9. The van der Waals surface area contributed by atoms with Gasteiger partial charge in [-0.05, 0) is 51.8 Å². The van der Waals surface area contributed by atoms with E-state index in [0.717, 1.165) is 12.8 Å². The number of hydrogen-bond acceptors (Lipinski definition) is 5. The molecule has 0 spiro atoms. The van der Waals surface area contributed by atoms with E-state index in [0.29, 0.717) is 23.4 Å². The molecule has 1 aromatic carbocycles. The van der Waals surface area contributed by atoms with Gasteiger partial charge in [-0.2, -0.15) is 0 Å². The minimum Gasteiger partial charge on any atom is -0.490 e. The van der Waals surface area contributed by atoms with Gasteiger partial charge in [0.25, 0.3) is 5.91 Å². The molecule has 0 saturated carbocycles. The number of methoxy groups -OCH3 is 1. The molecule has 1 rings (SSSR count). The molecule has 1 aromatic rings. The van der Waals surface area contributed by atoms with E-state index in [4.69, 9.17) is 14.2 Å². The third kappa shape index (κ3) is 5.73. The average molecular weight is 365 g/mol. The van der Waals surface area contributed by atoms with E-state index in [1.165, 1.54) is 7.11 Å². The fourth-order valence-corrected chi connectivity index (χ4v) is 2.43. The summed E-state index contributed by atoms with van der Waals surface area (Å²) in [7, 11) is 1.52. The van der Waals surface area contributed by atoms with Crippen LogP contribution < -0.4 is 10.1 Å². The minimum absolute atomic E-state index is 0.0371. The molecule has 0 aliphatic heterocycles. The highest BCUT2D eigenvalue weighted by Gasteiger charge is 2.32. The largest absolute Gasteiger partial charge is 0.490 e. The molecule has 0 saturated heterocycles. The Bertz CT molecular complexity index is 616. The molecule has 0 aliphatic carbocycles. The van der Waals surface area contributed by atoms with E-state index in [1.54, 1.807) is 32.0 Å². The van der Waals surface area contributed by atoms with Crippen LogP contribution in [0.1, 0.15) is 64.2 Å². The van der Waals surface area contributed by atoms with Crippen LogP contribution in [0.4, 0.5) is 5.69 Å². The molecule has 2 atom stereocenters. The molecule has 6 nitrogen and oxygen atoms in total. The molecule has 0 radical (unpaired) electrons. The molecule has 0 unspecified atom stereocenters. The minimum atomic E-state index is -0.926. The Kier molecular flexibility index (Phi) is 8.58. The van der Waals surface area contributed by atoms with Crippen LogP contribution in [-0.4, -0.2) is 37.3 Å². The average Bonchev–Trinajstić information content (AvgIpc) is 2.62. The molecular weight excluding hydrogens is 334 g/mol. The van der Waals surface area contributed by atoms with Crippen molar-refractivity contribution >= 4 is 17.6 Å². The lowest BCUT2D eigenvalue weighted by Crippen LogP contribution is -2.41. The summed E-state index contributed by atoms with van der Waals surface area (Å²) < 4.78 is 16.3. The van der Waals surface area contributed by atoms with Gasteiger partial charge in [0.05, 0.1) is 12.7 Å². The number of benzene rings is 1. The van der Waals surface area contributed by atoms with Gasteiger partial charge < -0.3 is 19.5 Å². The van der Waals surface area contributed by atoms with Crippen molar-refractivity contribution in [2.24, 2.45) is 0 Å². The van der Waals surface area contributed by atoms with E-state index in [2.05, 4.69) is 5.32 Å². The molecule has 1 N–H and O–H groups in total. The number of amides is 1. The van der Waals surface area contributed by atoms with E-state index in [-0.39, 0.29) is 18.6 Å². The highest BCUT2D eigenvalue weighted by Crippen LogP contribution is 2.27. The molecule has 0 fully saturated rings. The molecule has 0 heterocycles. The lowest BCUT2D eigenvalue weighted by molar-refractivity contribution is -0.136. The highest BCUT2D eigenvalue weighted by atomic mass is 16.5. The standard InChI is InChI=1S/C20H31NO5/c1-7-12-20(5,24-6)19(23)21-15-10-11-17(26-14(4)8-2)16(13-15)18(22)25-9-3/h10-11,13-14H,7-9,12H2,1-6H3,(H,21,23)/t14-,20-/m0/s1. The summed E-state index contributed by atoms with van der Waals surface area (Å²) in [5, 5.41) is 2.82. The van der Waals surface area contributed by atoms with Crippen LogP contribution in [0.25, 0.3) is 0 Å². The molecule has 6 heteroatoms. The van der Waals surface area contributed by atoms with E-state index >= 15 is 0 Å². The molecule has 0 bridgehead atoms. The third-order valence-corrected chi connectivity index (χ3v) is 4.29. The lowest BCUT2D eigenvalue weighted by Gasteiger charge is -2.26. The fourth-order valence-electron chi connectivity index (χ4n) is 2.43. The third-order valence-electron chi connectivity index (χ3n) is 4.29. The van der Waals surface area contributed by atoms with Crippen molar-refractivity contribution in [3.63, 3.8) is 0 Å². The second-order valence-corrected chi connectivity index (χ2v) is 6.41. The molecule has 0 aromatic heterocycles. The van der Waals surface area contributed by atoms with Gasteiger partial charge in [-0.3, -0.25) is 4.79 Å². The maximum Gasteiger partial charge on any atom is 0.341 e. The van der Waals surface area contributed by atoms with Gasteiger partial charge in [0.2, 0.25) is 0 Å². The second-order valence-electron chi connectivity index (χ2n) is 6.41. The zero-order valence-electron chi connectivity index (χ0n) is 16.7. The quantitative estimate of drug-likeness (QED) is 0.630. The van der Waals surface area contributed by atoms with Gasteiger partial charge in [0.15, 0.2) is 0 Å². The van der Waals surface area contributed by atoms with Crippen molar-refractivity contribution in [2.75, 3.05) is 19.0 Å². The number of nitrogens with one attached hydrogen (secondary N) is 1. The van der Waals surface area contributed by atoms with Gasteiger partial charge in [0, 0.05) is 12.8 Å². The first-order valence-electron chi connectivity index (χ1n) is 9.15. The van der Waals surface area contributed by atoms with Crippen molar-refractivity contribution in [3.8, 4) is 5.75 Å². The first-order valence-corrected chi connectivity index (χ1v) is 9.15. The zero-order chi connectivity index (χ0) is 19.7. The normalized spacial score (nSPS) is 14.2. The Labute approximate surface area is 156 Å². The van der Waals surface area contributed by atoms with Crippen LogP contribution in [-0.2, 0) is 14.3 Å². The Morgan fingerprint density at radius 1 is 1.23 bits per heavy atom. The van der Waals surface area contributed by atoms with E-state index in [9.17, 15) is 9.59 Å². The van der Waals surface area contributed by atoms with Gasteiger partial charge >= 0.3 is 5.97 Å². The summed E-state index contributed by atoms with van der Waals surface area (Å²) in [6, 6.07) is 4.97. The van der Waals surface area contributed by atoms with Crippen LogP contribution in [0.2, 0.25) is 0 Å². The van der Waals surface area contributed by atoms with Gasteiger partial charge in [0.1, 0.15) is 16.9 Å². The molecular formula is C20H31NO5. The van der Waals surface area contributed by atoms with Crippen molar-refractivity contribution in [2.45, 2.75) is 65.6 Å². The SMILES string of the molecule is CCC[C@](C)(OC)C(=O)Nc1ccc(O[C@@H](C)CC)c(C(=O)OCC)c1. The smallest absolute Gasteiger partial charge is 0.341 e. The maximum atomic E-state index is 12.6.